The molecule has 2 aromatic heterocycles. The van der Waals surface area contributed by atoms with Gasteiger partial charge in [-0.3, -0.25) is 14.7 Å². The maximum absolute atomic E-state index is 13.6. The number of piperidine rings is 1. The molecule has 7 heteroatoms. The zero-order chi connectivity index (χ0) is 19.6. The number of likely N-dealkylation sites (tertiary alicyclic amines) is 1. The minimum Gasteiger partial charge on any atom is -0.306 e. The molecule has 4 rings (SSSR count). The van der Waals surface area contributed by atoms with Crippen molar-refractivity contribution in [2.75, 3.05) is 13.1 Å². The lowest BCUT2D eigenvalue weighted by molar-refractivity contribution is -0.0661. The zero-order valence-corrected chi connectivity index (χ0v) is 15.2. The van der Waals surface area contributed by atoms with Gasteiger partial charge in [0, 0.05) is 42.6 Å². The smallest absolute Gasteiger partial charge is 0.260 e. The van der Waals surface area contributed by atoms with Gasteiger partial charge in [0.15, 0.2) is 0 Å². The van der Waals surface area contributed by atoms with Gasteiger partial charge in [-0.1, -0.05) is 24.3 Å². The molecule has 0 aliphatic carbocycles. The molecule has 0 spiro atoms. The lowest BCUT2D eigenvalue weighted by Crippen LogP contribution is -2.41. The number of pyridine rings is 1. The quantitative estimate of drug-likeness (QED) is 0.747. The van der Waals surface area contributed by atoms with E-state index in [2.05, 4.69) is 15.0 Å². The summed E-state index contributed by atoms with van der Waals surface area (Å²) >= 11 is 0. The van der Waals surface area contributed by atoms with Crippen molar-refractivity contribution in [3.63, 3.8) is 0 Å². The fourth-order valence-electron chi connectivity index (χ4n) is 3.46. The van der Waals surface area contributed by atoms with E-state index in [0.717, 1.165) is 16.7 Å². The van der Waals surface area contributed by atoms with Gasteiger partial charge in [-0.05, 0) is 30.7 Å². The highest BCUT2D eigenvalue weighted by Crippen LogP contribution is 2.27. The number of alkyl halides is 2. The minimum atomic E-state index is -2.60. The predicted molar refractivity (Wildman–Crippen MR) is 103 cm³/mol. The van der Waals surface area contributed by atoms with E-state index in [1.165, 1.54) is 6.07 Å². The summed E-state index contributed by atoms with van der Waals surface area (Å²) in [7, 11) is 0. The summed E-state index contributed by atoms with van der Waals surface area (Å²) in [6, 6.07) is 12.5. The second-order valence-corrected chi connectivity index (χ2v) is 7.09. The SMILES string of the molecule is O=c1cc(-c2cccnc2)nc(-c2ccc(CN3CCCC(F)(F)C3)cc2)[nH]1. The number of aromatic amines is 1. The summed E-state index contributed by atoms with van der Waals surface area (Å²) in [6.07, 6.45) is 3.80. The molecule has 1 fully saturated rings. The van der Waals surface area contributed by atoms with Gasteiger partial charge in [0.2, 0.25) is 0 Å². The Balaban J connectivity index is 1.54. The van der Waals surface area contributed by atoms with Crippen molar-refractivity contribution in [1.82, 2.24) is 19.9 Å². The van der Waals surface area contributed by atoms with E-state index >= 15 is 0 Å². The second-order valence-electron chi connectivity index (χ2n) is 7.09. The summed E-state index contributed by atoms with van der Waals surface area (Å²) < 4.78 is 27.1. The van der Waals surface area contributed by atoms with Gasteiger partial charge in [0.1, 0.15) is 5.82 Å². The average molecular weight is 382 g/mol. The van der Waals surface area contributed by atoms with Crippen molar-refractivity contribution in [2.45, 2.75) is 25.3 Å². The number of halogens is 2. The first-order chi connectivity index (χ1) is 13.5. The highest BCUT2D eigenvalue weighted by molar-refractivity contribution is 5.62. The molecule has 1 N–H and O–H groups in total. The van der Waals surface area contributed by atoms with Crippen molar-refractivity contribution < 1.29 is 8.78 Å². The molecule has 0 amide bonds. The fourth-order valence-corrected chi connectivity index (χ4v) is 3.46. The first-order valence-corrected chi connectivity index (χ1v) is 9.20. The number of benzene rings is 1. The van der Waals surface area contributed by atoms with Crippen LogP contribution in [0.25, 0.3) is 22.6 Å². The van der Waals surface area contributed by atoms with Gasteiger partial charge in [0.25, 0.3) is 11.5 Å². The molecule has 0 saturated carbocycles. The van der Waals surface area contributed by atoms with E-state index in [1.54, 1.807) is 23.4 Å². The lowest BCUT2D eigenvalue weighted by atomic mass is 10.1. The molecule has 28 heavy (non-hydrogen) atoms. The van der Waals surface area contributed by atoms with E-state index in [-0.39, 0.29) is 18.5 Å². The first-order valence-electron chi connectivity index (χ1n) is 9.20. The van der Waals surface area contributed by atoms with Crippen LogP contribution < -0.4 is 5.56 Å². The summed E-state index contributed by atoms with van der Waals surface area (Å²) in [5.41, 5.74) is 2.77. The van der Waals surface area contributed by atoms with Crippen LogP contribution in [0.2, 0.25) is 0 Å². The molecule has 1 aliphatic rings. The molecule has 0 unspecified atom stereocenters. The summed E-state index contributed by atoms with van der Waals surface area (Å²) in [6.45, 7) is 0.964. The van der Waals surface area contributed by atoms with Crippen LogP contribution in [0.4, 0.5) is 8.78 Å². The third kappa shape index (κ3) is 4.31. The second kappa shape index (κ2) is 7.59. The number of nitrogens with one attached hydrogen (secondary N) is 1. The van der Waals surface area contributed by atoms with Crippen molar-refractivity contribution in [2.24, 2.45) is 0 Å². The number of nitrogens with zero attached hydrogens (tertiary/aromatic N) is 3. The monoisotopic (exact) mass is 382 g/mol. The number of rotatable bonds is 4. The predicted octanol–water partition coefficient (Wildman–Crippen LogP) is 3.73. The molecule has 0 atom stereocenters. The van der Waals surface area contributed by atoms with Gasteiger partial charge >= 0.3 is 0 Å². The highest BCUT2D eigenvalue weighted by Gasteiger charge is 2.34. The van der Waals surface area contributed by atoms with Crippen LogP contribution in [-0.2, 0) is 6.54 Å². The minimum absolute atomic E-state index is 0.0330. The van der Waals surface area contributed by atoms with E-state index in [9.17, 15) is 13.6 Å². The van der Waals surface area contributed by atoms with E-state index in [0.29, 0.717) is 31.0 Å². The van der Waals surface area contributed by atoms with Gasteiger partial charge in [-0.25, -0.2) is 13.8 Å². The molecular weight excluding hydrogens is 362 g/mol. The van der Waals surface area contributed by atoms with Crippen LogP contribution in [0.15, 0.2) is 59.7 Å². The van der Waals surface area contributed by atoms with Gasteiger partial charge in [-0.2, -0.15) is 0 Å². The molecule has 1 saturated heterocycles. The third-order valence-electron chi connectivity index (χ3n) is 4.80. The highest BCUT2D eigenvalue weighted by atomic mass is 19.3. The normalized spacial score (nSPS) is 16.8. The molecule has 3 aromatic rings. The Labute approximate surface area is 161 Å². The van der Waals surface area contributed by atoms with E-state index in [4.69, 9.17) is 0 Å². The van der Waals surface area contributed by atoms with E-state index < -0.39 is 5.92 Å². The van der Waals surface area contributed by atoms with E-state index in [1.807, 2.05) is 30.3 Å². The zero-order valence-electron chi connectivity index (χ0n) is 15.2. The Morgan fingerprint density at radius 1 is 1.14 bits per heavy atom. The molecule has 3 heterocycles. The number of hydrogen-bond donors (Lipinski definition) is 1. The van der Waals surface area contributed by atoms with Crippen molar-refractivity contribution in [3.05, 3.63) is 70.8 Å². The van der Waals surface area contributed by atoms with Crippen LogP contribution in [0.1, 0.15) is 18.4 Å². The molecular formula is C21H20F2N4O. The molecule has 0 radical (unpaired) electrons. The summed E-state index contributed by atoms with van der Waals surface area (Å²) in [4.78, 5) is 25.2. The maximum Gasteiger partial charge on any atom is 0.260 e. The van der Waals surface area contributed by atoms with Crippen LogP contribution in [0.5, 0.6) is 0 Å². The Morgan fingerprint density at radius 2 is 1.96 bits per heavy atom. The molecule has 0 bridgehead atoms. The summed E-state index contributed by atoms with van der Waals surface area (Å²) in [5, 5.41) is 0. The number of hydrogen-bond acceptors (Lipinski definition) is 4. The lowest BCUT2D eigenvalue weighted by Gasteiger charge is -2.32. The van der Waals surface area contributed by atoms with Crippen LogP contribution in [0.3, 0.4) is 0 Å². The largest absolute Gasteiger partial charge is 0.306 e. The van der Waals surface area contributed by atoms with Gasteiger partial charge < -0.3 is 4.98 Å². The third-order valence-corrected chi connectivity index (χ3v) is 4.80. The Morgan fingerprint density at radius 3 is 2.68 bits per heavy atom. The van der Waals surface area contributed by atoms with Gasteiger partial charge in [0.05, 0.1) is 12.2 Å². The molecule has 144 valence electrons. The van der Waals surface area contributed by atoms with Crippen LogP contribution in [0, 0.1) is 0 Å². The number of aromatic nitrogens is 3. The Bertz CT molecular complexity index is 1000. The van der Waals surface area contributed by atoms with Crippen molar-refractivity contribution in [3.8, 4) is 22.6 Å². The first kappa shape index (κ1) is 18.4. The molecule has 5 nitrogen and oxygen atoms in total. The average Bonchev–Trinajstić information content (AvgIpc) is 2.68. The molecule has 1 aromatic carbocycles. The molecule has 1 aliphatic heterocycles. The topological polar surface area (TPSA) is 61.9 Å². The van der Waals surface area contributed by atoms with Gasteiger partial charge in [-0.15, -0.1) is 0 Å². The van der Waals surface area contributed by atoms with Crippen LogP contribution >= 0.6 is 0 Å². The Hall–Kier alpha value is -2.93. The van der Waals surface area contributed by atoms with Crippen LogP contribution in [-0.4, -0.2) is 38.9 Å². The van der Waals surface area contributed by atoms with Crippen molar-refractivity contribution >= 4 is 0 Å². The van der Waals surface area contributed by atoms with Crippen molar-refractivity contribution in [1.29, 1.82) is 0 Å². The fraction of sp³-hybridized carbons (Fsp3) is 0.286. The standard InChI is InChI=1S/C21H20F2N4O/c22-21(23)8-2-10-27(14-21)13-15-4-6-16(7-5-15)20-25-18(11-19(28)26-20)17-3-1-9-24-12-17/h1,3-7,9,11-12H,2,8,10,13-14H2,(H,25,26,28). The summed E-state index contributed by atoms with van der Waals surface area (Å²) in [5.74, 6) is -2.14. The maximum atomic E-state index is 13.6. The Kier molecular flexibility index (Phi) is 5.00. The number of H-pyrrole nitrogens is 1.